The molecule has 8 heteroatoms. The topological polar surface area (TPSA) is 68.8 Å². The Hall–Kier alpha value is -2.32. The summed E-state index contributed by atoms with van der Waals surface area (Å²) in [6, 6.07) is 10.8. The summed E-state index contributed by atoms with van der Waals surface area (Å²) >= 11 is 8.68. The molecule has 2 N–H and O–H groups in total. The summed E-state index contributed by atoms with van der Waals surface area (Å²) in [6.07, 6.45) is 0.966. The lowest BCUT2D eigenvalue weighted by atomic mass is 10.2. The zero-order valence-electron chi connectivity index (χ0n) is 17.6. The second-order valence-electron chi connectivity index (χ2n) is 6.78. The van der Waals surface area contributed by atoms with Crippen molar-refractivity contribution in [3.05, 3.63) is 52.0 Å². The number of nitrogens with one attached hydrogen (secondary N) is 2. The maximum absolute atomic E-state index is 12.5. The number of methoxy groups -OCH3 is 1. The number of rotatable bonds is 9. The number of hydrogen-bond donors (Lipinski definition) is 2. The van der Waals surface area contributed by atoms with E-state index in [0.717, 1.165) is 12.0 Å². The van der Waals surface area contributed by atoms with Gasteiger partial charge < -0.3 is 19.5 Å². The van der Waals surface area contributed by atoms with Crippen LogP contribution in [0.15, 0.2) is 40.9 Å². The van der Waals surface area contributed by atoms with Crippen molar-refractivity contribution in [3.63, 3.8) is 0 Å². The summed E-state index contributed by atoms with van der Waals surface area (Å²) in [7, 11) is 1.60. The van der Waals surface area contributed by atoms with Crippen LogP contribution in [0.1, 0.15) is 43.1 Å². The van der Waals surface area contributed by atoms with Gasteiger partial charge in [0.1, 0.15) is 5.75 Å². The molecule has 0 spiro atoms. The standard InChI is InChI=1S/C22H27BrN2O4S/c1-5-10-28-19-8-6-15(11-20(19)27-4)13-24-22(30)25-21(26)16-7-9-18(17(23)12-16)29-14(2)3/h6-9,11-12,14H,5,10,13H2,1-4H3,(H2,24,25,26,30). The molecule has 0 saturated carbocycles. The lowest BCUT2D eigenvalue weighted by Crippen LogP contribution is -2.38. The van der Waals surface area contributed by atoms with Crippen LogP contribution in [0.4, 0.5) is 0 Å². The Kier molecular flexibility index (Phi) is 9.39. The Bertz CT molecular complexity index is 889. The monoisotopic (exact) mass is 494 g/mol. The SMILES string of the molecule is CCCOc1ccc(CNC(=S)NC(=O)c2ccc(OC(C)C)c(Br)c2)cc1OC. The zero-order valence-corrected chi connectivity index (χ0v) is 20.0. The average molecular weight is 495 g/mol. The fourth-order valence-corrected chi connectivity index (χ4v) is 3.18. The van der Waals surface area contributed by atoms with Crippen LogP contribution >= 0.6 is 28.1 Å². The fraction of sp³-hybridized carbons (Fsp3) is 0.364. The summed E-state index contributed by atoms with van der Waals surface area (Å²) in [4.78, 5) is 12.5. The van der Waals surface area contributed by atoms with Crippen molar-refractivity contribution in [3.8, 4) is 17.2 Å². The van der Waals surface area contributed by atoms with E-state index in [1.165, 1.54) is 0 Å². The third-order valence-corrected chi connectivity index (χ3v) is 4.79. The van der Waals surface area contributed by atoms with Crippen LogP contribution in [0, 0.1) is 0 Å². The van der Waals surface area contributed by atoms with Crippen LogP contribution in [0.3, 0.4) is 0 Å². The van der Waals surface area contributed by atoms with Crippen molar-refractivity contribution in [2.24, 2.45) is 0 Å². The van der Waals surface area contributed by atoms with Crippen LogP contribution in [0.2, 0.25) is 0 Å². The predicted molar refractivity (Wildman–Crippen MR) is 126 cm³/mol. The first-order valence-electron chi connectivity index (χ1n) is 9.69. The third kappa shape index (κ3) is 7.18. The number of ether oxygens (including phenoxy) is 3. The molecule has 0 fully saturated rings. The van der Waals surface area contributed by atoms with Crippen LogP contribution < -0.4 is 24.8 Å². The van der Waals surface area contributed by atoms with Gasteiger partial charge in [-0.1, -0.05) is 13.0 Å². The molecule has 30 heavy (non-hydrogen) atoms. The van der Waals surface area contributed by atoms with E-state index in [9.17, 15) is 4.79 Å². The van der Waals surface area contributed by atoms with Gasteiger partial charge in [0, 0.05) is 12.1 Å². The van der Waals surface area contributed by atoms with Gasteiger partial charge in [0.2, 0.25) is 0 Å². The highest BCUT2D eigenvalue weighted by atomic mass is 79.9. The molecule has 0 unspecified atom stereocenters. The number of hydrogen-bond acceptors (Lipinski definition) is 5. The first kappa shape index (κ1) is 24.0. The molecule has 0 aliphatic rings. The highest BCUT2D eigenvalue weighted by Gasteiger charge is 2.12. The number of thiocarbonyl (C=S) groups is 1. The molecule has 0 heterocycles. The van der Waals surface area contributed by atoms with Crippen molar-refractivity contribution < 1.29 is 19.0 Å². The fourth-order valence-electron chi connectivity index (χ4n) is 2.55. The smallest absolute Gasteiger partial charge is 0.257 e. The molecule has 162 valence electrons. The Labute approximate surface area is 191 Å². The number of benzene rings is 2. The molecule has 0 atom stereocenters. The molecule has 0 aliphatic carbocycles. The molecule has 0 saturated heterocycles. The van der Waals surface area contributed by atoms with Crippen molar-refractivity contribution in [2.45, 2.75) is 39.8 Å². The molecule has 0 aliphatic heterocycles. The van der Waals surface area contributed by atoms with Gasteiger partial charge in [-0.25, -0.2) is 0 Å². The highest BCUT2D eigenvalue weighted by Crippen LogP contribution is 2.28. The molecule has 0 radical (unpaired) electrons. The Morgan fingerprint density at radius 1 is 1.13 bits per heavy atom. The quantitative estimate of drug-likeness (QED) is 0.486. The van der Waals surface area contributed by atoms with Crippen LogP contribution in [0.25, 0.3) is 0 Å². The second kappa shape index (κ2) is 11.8. The van der Waals surface area contributed by atoms with Crippen molar-refractivity contribution in [1.29, 1.82) is 0 Å². The normalized spacial score (nSPS) is 10.5. The van der Waals surface area contributed by atoms with Gasteiger partial charge in [-0.2, -0.15) is 0 Å². The lowest BCUT2D eigenvalue weighted by molar-refractivity contribution is 0.0976. The maximum atomic E-state index is 12.5. The third-order valence-electron chi connectivity index (χ3n) is 3.93. The van der Waals surface area contributed by atoms with Gasteiger partial charge in [-0.15, -0.1) is 0 Å². The number of amides is 1. The van der Waals surface area contributed by atoms with Gasteiger partial charge in [-0.3, -0.25) is 10.1 Å². The van der Waals surface area contributed by atoms with E-state index < -0.39 is 0 Å². The van der Waals surface area contributed by atoms with Crippen LogP contribution in [-0.4, -0.2) is 30.8 Å². The maximum Gasteiger partial charge on any atom is 0.257 e. The molecular weight excluding hydrogens is 468 g/mol. The lowest BCUT2D eigenvalue weighted by Gasteiger charge is -2.14. The molecule has 2 rings (SSSR count). The van der Waals surface area contributed by atoms with Gasteiger partial charge in [0.15, 0.2) is 16.6 Å². The number of halogens is 1. The highest BCUT2D eigenvalue weighted by molar-refractivity contribution is 9.10. The van der Waals surface area contributed by atoms with E-state index in [4.69, 9.17) is 26.4 Å². The molecule has 2 aromatic carbocycles. The van der Waals surface area contributed by atoms with Crippen LogP contribution in [0.5, 0.6) is 17.2 Å². The van der Waals surface area contributed by atoms with E-state index >= 15 is 0 Å². The molecule has 2 aromatic rings. The number of carbonyl (C=O) groups is 1. The van der Waals surface area contributed by atoms with E-state index in [1.807, 2.05) is 39.0 Å². The van der Waals surface area contributed by atoms with Crippen molar-refractivity contribution in [2.75, 3.05) is 13.7 Å². The van der Waals surface area contributed by atoms with Gasteiger partial charge in [-0.05, 0) is 84.3 Å². The van der Waals surface area contributed by atoms with E-state index in [-0.39, 0.29) is 17.1 Å². The van der Waals surface area contributed by atoms with Crippen molar-refractivity contribution in [1.82, 2.24) is 10.6 Å². The first-order chi connectivity index (χ1) is 14.3. The minimum atomic E-state index is -0.301. The first-order valence-corrected chi connectivity index (χ1v) is 10.9. The summed E-state index contributed by atoms with van der Waals surface area (Å²) in [6.45, 7) is 7.00. The zero-order chi connectivity index (χ0) is 22.1. The minimum Gasteiger partial charge on any atom is -0.493 e. The minimum absolute atomic E-state index is 0.0450. The van der Waals surface area contributed by atoms with Gasteiger partial charge in [0.25, 0.3) is 5.91 Å². The molecule has 0 aromatic heterocycles. The summed E-state index contributed by atoms with van der Waals surface area (Å²) in [5.74, 6) is 1.74. The summed E-state index contributed by atoms with van der Waals surface area (Å²) < 4.78 is 17.4. The van der Waals surface area contributed by atoms with Gasteiger partial charge in [0.05, 0.1) is 24.3 Å². The summed E-state index contributed by atoms with van der Waals surface area (Å²) in [5.41, 5.74) is 1.42. The van der Waals surface area contributed by atoms with Crippen molar-refractivity contribution >= 4 is 39.2 Å². The predicted octanol–water partition coefficient (Wildman–Crippen LogP) is 4.84. The Balaban J connectivity index is 1.92. The summed E-state index contributed by atoms with van der Waals surface area (Å²) in [5, 5.41) is 5.96. The molecule has 0 bridgehead atoms. The van der Waals surface area contributed by atoms with Gasteiger partial charge >= 0.3 is 0 Å². The molecular formula is C22H27BrN2O4S. The van der Waals surface area contributed by atoms with Crippen LogP contribution in [-0.2, 0) is 6.54 Å². The Morgan fingerprint density at radius 2 is 1.87 bits per heavy atom. The average Bonchev–Trinajstić information content (AvgIpc) is 2.72. The number of carbonyl (C=O) groups excluding carboxylic acids is 1. The van der Waals surface area contributed by atoms with E-state index in [1.54, 1.807) is 25.3 Å². The largest absolute Gasteiger partial charge is 0.493 e. The van der Waals surface area contributed by atoms with E-state index in [2.05, 4.69) is 26.6 Å². The second-order valence-corrected chi connectivity index (χ2v) is 8.04. The molecule has 6 nitrogen and oxygen atoms in total. The Morgan fingerprint density at radius 3 is 2.50 bits per heavy atom. The van der Waals surface area contributed by atoms with E-state index in [0.29, 0.717) is 40.4 Å². The molecule has 1 amide bonds.